The van der Waals surface area contributed by atoms with E-state index in [1.165, 1.54) is 5.57 Å². The Kier molecular flexibility index (Phi) is 2.74. The quantitative estimate of drug-likeness (QED) is 0.686. The van der Waals surface area contributed by atoms with Crippen LogP contribution in [0.25, 0.3) is 0 Å². The predicted octanol–water partition coefficient (Wildman–Crippen LogP) is 1.77. The molecule has 0 bridgehead atoms. The number of aliphatic imine (C=N–C) groups is 1. The van der Waals surface area contributed by atoms with Crippen LogP contribution < -0.4 is 5.73 Å². The molecule has 0 saturated heterocycles. The molecule has 0 aromatic rings. The maximum absolute atomic E-state index is 11.4. The SMILES string of the molecule is CC1=CC(C)CC(C2C(N)=NC(=O)N2C)C1. The van der Waals surface area contributed by atoms with Crippen LogP contribution in [0, 0.1) is 11.8 Å². The largest absolute Gasteiger partial charge is 0.385 e. The molecule has 1 heterocycles. The predicted molar refractivity (Wildman–Crippen MR) is 64.2 cm³/mol. The summed E-state index contributed by atoms with van der Waals surface area (Å²) >= 11 is 0. The van der Waals surface area contributed by atoms with Gasteiger partial charge in [0.05, 0.1) is 6.04 Å². The summed E-state index contributed by atoms with van der Waals surface area (Å²) in [5, 5.41) is 0. The number of amidine groups is 1. The molecule has 0 radical (unpaired) electrons. The summed E-state index contributed by atoms with van der Waals surface area (Å²) in [4.78, 5) is 17.0. The summed E-state index contributed by atoms with van der Waals surface area (Å²) in [6.07, 6.45) is 4.40. The molecule has 1 aliphatic carbocycles. The second-order valence-electron chi connectivity index (χ2n) is 5.07. The zero-order valence-corrected chi connectivity index (χ0v) is 10.1. The van der Waals surface area contributed by atoms with Crippen LogP contribution in [0.1, 0.15) is 26.7 Å². The van der Waals surface area contributed by atoms with Gasteiger partial charge in [0.15, 0.2) is 0 Å². The summed E-state index contributed by atoms with van der Waals surface area (Å²) in [6, 6.07) is -0.207. The standard InChI is InChI=1S/C12H19N3O/c1-7-4-8(2)6-9(5-7)10-11(13)14-12(16)15(10)3/h4,7,9-10H,5-6H2,1-3H3,(H2,13,14,16). The fourth-order valence-corrected chi connectivity index (χ4v) is 2.97. The number of likely N-dealkylation sites (N-methyl/N-ethyl adjacent to an activating group) is 1. The van der Waals surface area contributed by atoms with E-state index in [4.69, 9.17) is 5.73 Å². The maximum Gasteiger partial charge on any atom is 0.345 e. The van der Waals surface area contributed by atoms with Crippen LogP contribution in [0.5, 0.6) is 0 Å². The van der Waals surface area contributed by atoms with Gasteiger partial charge in [0, 0.05) is 7.05 Å². The lowest BCUT2D eigenvalue weighted by atomic mass is 9.79. The van der Waals surface area contributed by atoms with Gasteiger partial charge < -0.3 is 10.6 Å². The van der Waals surface area contributed by atoms with Crippen molar-refractivity contribution in [2.24, 2.45) is 22.6 Å². The van der Waals surface area contributed by atoms with Gasteiger partial charge >= 0.3 is 6.03 Å². The zero-order chi connectivity index (χ0) is 11.9. The zero-order valence-electron chi connectivity index (χ0n) is 10.1. The smallest absolute Gasteiger partial charge is 0.345 e. The Morgan fingerprint density at radius 1 is 1.56 bits per heavy atom. The number of carbonyl (C=O) groups excluding carboxylic acids is 1. The average Bonchev–Trinajstić information content (AvgIpc) is 2.39. The molecule has 16 heavy (non-hydrogen) atoms. The fraction of sp³-hybridized carbons (Fsp3) is 0.667. The summed E-state index contributed by atoms with van der Waals surface area (Å²) in [6.45, 7) is 4.35. The van der Waals surface area contributed by atoms with Crippen molar-refractivity contribution in [3.8, 4) is 0 Å². The first-order valence-electron chi connectivity index (χ1n) is 5.77. The van der Waals surface area contributed by atoms with Gasteiger partial charge in [-0.2, -0.15) is 4.99 Å². The molecule has 3 unspecified atom stereocenters. The minimum Gasteiger partial charge on any atom is -0.385 e. The van der Waals surface area contributed by atoms with Gasteiger partial charge in [-0.1, -0.05) is 18.6 Å². The van der Waals surface area contributed by atoms with E-state index in [0.29, 0.717) is 17.7 Å². The van der Waals surface area contributed by atoms with Crippen LogP contribution in [0.4, 0.5) is 4.79 Å². The number of hydrogen-bond donors (Lipinski definition) is 1. The average molecular weight is 221 g/mol. The van der Waals surface area contributed by atoms with E-state index >= 15 is 0 Å². The van der Waals surface area contributed by atoms with E-state index in [1.807, 2.05) is 0 Å². The summed E-state index contributed by atoms with van der Waals surface area (Å²) in [5.41, 5.74) is 7.24. The van der Waals surface area contributed by atoms with Crippen LogP contribution in [0.2, 0.25) is 0 Å². The van der Waals surface area contributed by atoms with E-state index < -0.39 is 0 Å². The Bertz CT molecular complexity index is 372. The number of nitrogens with two attached hydrogens (primary N) is 1. The maximum atomic E-state index is 11.4. The van der Waals surface area contributed by atoms with Crippen LogP contribution in [-0.4, -0.2) is 29.9 Å². The molecule has 0 aromatic carbocycles. The highest BCUT2D eigenvalue weighted by molar-refractivity contribution is 6.02. The van der Waals surface area contributed by atoms with E-state index in [0.717, 1.165) is 12.8 Å². The number of amides is 2. The fourth-order valence-electron chi connectivity index (χ4n) is 2.97. The number of urea groups is 1. The highest BCUT2D eigenvalue weighted by Crippen LogP contribution is 2.33. The van der Waals surface area contributed by atoms with Crippen molar-refractivity contribution < 1.29 is 4.79 Å². The lowest BCUT2D eigenvalue weighted by Crippen LogP contribution is -2.44. The molecule has 0 saturated carbocycles. The third-order valence-electron chi connectivity index (χ3n) is 3.52. The van der Waals surface area contributed by atoms with Crippen LogP contribution in [0.15, 0.2) is 16.6 Å². The number of rotatable bonds is 1. The van der Waals surface area contributed by atoms with Gasteiger partial charge in [0.25, 0.3) is 0 Å². The molecule has 4 nitrogen and oxygen atoms in total. The monoisotopic (exact) mass is 221 g/mol. The van der Waals surface area contributed by atoms with Crippen molar-refractivity contribution in [2.75, 3.05) is 7.05 Å². The molecule has 0 aromatic heterocycles. The van der Waals surface area contributed by atoms with Gasteiger partial charge in [-0.3, -0.25) is 0 Å². The lowest BCUT2D eigenvalue weighted by molar-refractivity contribution is 0.198. The first-order valence-corrected chi connectivity index (χ1v) is 5.77. The van der Waals surface area contributed by atoms with E-state index in [-0.39, 0.29) is 12.1 Å². The normalized spacial score (nSPS) is 35.1. The number of nitrogens with zero attached hydrogens (tertiary/aromatic N) is 2. The highest BCUT2D eigenvalue weighted by atomic mass is 16.2. The Labute approximate surface area is 96.2 Å². The van der Waals surface area contributed by atoms with Crippen LogP contribution in [-0.2, 0) is 0 Å². The van der Waals surface area contributed by atoms with Crippen molar-refractivity contribution >= 4 is 11.9 Å². The van der Waals surface area contributed by atoms with Crippen LogP contribution >= 0.6 is 0 Å². The highest BCUT2D eigenvalue weighted by Gasteiger charge is 2.37. The van der Waals surface area contributed by atoms with Gasteiger partial charge in [-0.25, -0.2) is 4.79 Å². The van der Waals surface area contributed by atoms with Gasteiger partial charge in [0.2, 0.25) is 0 Å². The molecule has 2 amide bonds. The number of allylic oxidation sites excluding steroid dienone is 2. The Hall–Kier alpha value is -1.32. The second kappa shape index (κ2) is 3.92. The van der Waals surface area contributed by atoms with Gasteiger partial charge in [0.1, 0.15) is 5.84 Å². The second-order valence-corrected chi connectivity index (χ2v) is 5.07. The Morgan fingerprint density at radius 3 is 2.75 bits per heavy atom. The van der Waals surface area contributed by atoms with Crippen molar-refractivity contribution in [3.63, 3.8) is 0 Å². The third kappa shape index (κ3) is 1.84. The first kappa shape index (κ1) is 11.2. The first-order chi connectivity index (χ1) is 7.49. The molecule has 2 aliphatic rings. The molecule has 88 valence electrons. The van der Waals surface area contributed by atoms with E-state index in [2.05, 4.69) is 24.9 Å². The van der Waals surface area contributed by atoms with Crippen molar-refractivity contribution in [2.45, 2.75) is 32.7 Å². The molecular formula is C12H19N3O. The molecule has 2 rings (SSSR count). The van der Waals surface area contributed by atoms with E-state index in [9.17, 15) is 4.79 Å². The molecule has 0 fully saturated rings. The van der Waals surface area contributed by atoms with Gasteiger partial charge in [-0.15, -0.1) is 0 Å². The van der Waals surface area contributed by atoms with Crippen molar-refractivity contribution in [1.29, 1.82) is 0 Å². The van der Waals surface area contributed by atoms with E-state index in [1.54, 1.807) is 11.9 Å². The van der Waals surface area contributed by atoms with Gasteiger partial charge in [-0.05, 0) is 31.6 Å². The number of carbonyl (C=O) groups is 1. The summed E-state index contributed by atoms with van der Waals surface area (Å²) in [7, 11) is 1.79. The van der Waals surface area contributed by atoms with Crippen LogP contribution in [0.3, 0.4) is 0 Å². The molecule has 2 N–H and O–H groups in total. The minimum atomic E-state index is -0.206. The molecular weight excluding hydrogens is 202 g/mol. The lowest BCUT2D eigenvalue weighted by Gasteiger charge is -2.33. The Balaban J connectivity index is 2.18. The minimum absolute atomic E-state index is 0.00130. The number of hydrogen-bond acceptors (Lipinski definition) is 2. The summed E-state index contributed by atoms with van der Waals surface area (Å²) < 4.78 is 0. The van der Waals surface area contributed by atoms with Crippen molar-refractivity contribution in [3.05, 3.63) is 11.6 Å². The topological polar surface area (TPSA) is 58.7 Å². The summed E-state index contributed by atoms with van der Waals surface area (Å²) in [5.74, 6) is 1.47. The molecule has 4 heteroatoms. The van der Waals surface area contributed by atoms with Crippen molar-refractivity contribution in [1.82, 2.24) is 4.90 Å². The third-order valence-corrected chi connectivity index (χ3v) is 3.52. The molecule has 1 aliphatic heterocycles. The Morgan fingerprint density at radius 2 is 2.25 bits per heavy atom. The molecule has 0 spiro atoms. The molecule has 3 atom stereocenters.